The summed E-state index contributed by atoms with van der Waals surface area (Å²) in [6.07, 6.45) is 1.49. The first-order valence-electron chi connectivity index (χ1n) is 4.12. The van der Waals surface area contributed by atoms with E-state index in [1.165, 1.54) is 0 Å². The highest BCUT2D eigenvalue weighted by Gasteiger charge is 2.18. The smallest absolute Gasteiger partial charge is 0.248 e. The predicted octanol–water partition coefficient (Wildman–Crippen LogP) is -1.57. The number of carbonyl (C=O) groups excluding carboxylic acids is 1. The van der Waals surface area contributed by atoms with Crippen molar-refractivity contribution in [3.63, 3.8) is 0 Å². The van der Waals surface area contributed by atoms with Crippen LogP contribution in [-0.4, -0.2) is 41.7 Å². The number of aliphatic hydroxyl groups is 1. The molecule has 1 aliphatic rings. The van der Waals surface area contributed by atoms with E-state index in [1.54, 1.807) is 0 Å². The number of nitrogens with zero attached hydrogens (tertiary/aromatic N) is 1. The van der Waals surface area contributed by atoms with Gasteiger partial charge in [-0.2, -0.15) is 0 Å². The Morgan fingerprint density at radius 3 is 3.08 bits per heavy atom. The molecule has 12 heavy (non-hydrogen) atoms. The minimum absolute atomic E-state index is 0.205. The maximum atomic E-state index is 10.8. The molecule has 4 N–H and O–H groups in total. The SMILES string of the molecule is NNC(=O)CN1CCCC(O)C1. The van der Waals surface area contributed by atoms with Crippen molar-refractivity contribution in [2.45, 2.75) is 18.9 Å². The number of β-amino-alcohol motifs (C(OH)–C–C–N with tert-alkyl or cyclic N) is 1. The molecule has 1 amide bonds. The van der Waals surface area contributed by atoms with Crippen molar-refractivity contribution < 1.29 is 9.90 Å². The molecule has 1 aliphatic heterocycles. The molecule has 5 heteroatoms. The van der Waals surface area contributed by atoms with Gasteiger partial charge < -0.3 is 5.11 Å². The van der Waals surface area contributed by atoms with E-state index in [0.29, 0.717) is 6.54 Å². The number of carbonyl (C=O) groups is 1. The highest BCUT2D eigenvalue weighted by atomic mass is 16.3. The number of nitrogens with one attached hydrogen (secondary N) is 1. The van der Waals surface area contributed by atoms with E-state index in [0.717, 1.165) is 19.4 Å². The summed E-state index contributed by atoms with van der Waals surface area (Å²) < 4.78 is 0. The Morgan fingerprint density at radius 1 is 1.75 bits per heavy atom. The average Bonchev–Trinajstić information content (AvgIpc) is 2.04. The van der Waals surface area contributed by atoms with Gasteiger partial charge in [0, 0.05) is 6.54 Å². The zero-order chi connectivity index (χ0) is 8.97. The van der Waals surface area contributed by atoms with Crippen LogP contribution in [0.1, 0.15) is 12.8 Å². The quantitative estimate of drug-likeness (QED) is 0.268. The maximum Gasteiger partial charge on any atom is 0.248 e. The molecule has 0 aromatic carbocycles. The van der Waals surface area contributed by atoms with Crippen LogP contribution in [0, 0.1) is 0 Å². The molecule has 0 spiro atoms. The summed E-state index contributed by atoms with van der Waals surface area (Å²) in [5, 5.41) is 9.26. The Morgan fingerprint density at radius 2 is 2.50 bits per heavy atom. The number of likely N-dealkylation sites (tertiary alicyclic amines) is 1. The molecule has 5 nitrogen and oxygen atoms in total. The largest absolute Gasteiger partial charge is 0.392 e. The first-order chi connectivity index (χ1) is 5.72. The number of nitrogens with two attached hydrogens (primary N) is 1. The Bertz CT molecular complexity index is 163. The fraction of sp³-hybridized carbons (Fsp3) is 0.857. The van der Waals surface area contributed by atoms with Crippen molar-refractivity contribution in [3.8, 4) is 0 Å². The van der Waals surface area contributed by atoms with Gasteiger partial charge in [-0.05, 0) is 19.4 Å². The lowest BCUT2D eigenvalue weighted by molar-refractivity contribution is -0.123. The molecule has 0 bridgehead atoms. The molecule has 0 aromatic rings. The molecular formula is C7H15N3O2. The van der Waals surface area contributed by atoms with Crippen LogP contribution >= 0.6 is 0 Å². The van der Waals surface area contributed by atoms with Gasteiger partial charge in [0.25, 0.3) is 0 Å². The van der Waals surface area contributed by atoms with Crippen LogP contribution < -0.4 is 11.3 Å². The summed E-state index contributed by atoms with van der Waals surface area (Å²) in [5.74, 6) is 4.73. The maximum absolute atomic E-state index is 10.8. The fourth-order valence-corrected chi connectivity index (χ4v) is 1.42. The van der Waals surface area contributed by atoms with E-state index in [-0.39, 0.29) is 18.6 Å². The van der Waals surface area contributed by atoms with E-state index in [4.69, 9.17) is 5.84 Å². The number of hydrogen-bond donors (Lipinski definition) is 3. The number of hydrogen-bond acceptors (Lipinski definition) is 4. The van der Waals surface area contributed by atoms with Crippen LogP contribution in [0.15, 0.2) is 0 Å². The van der Waals surface area contributed by atoms with Crippen LogP contribution in [0.2, 0.25) is 0 Å². The summed E-state index contributed by atoms with van der Waals surface area (Å²) >= 11 is 0. The number of hydrazine groups is 1. The second-order valence-electron chi connectivity index (χ2n) is 3.10. The molecule has 1 unspecified atom stereocenters. The standard InChI is InChI=1S/C7H15N3O2/c8-9-7(12)5-10-3-1-2-6(11)4-10/h6,11H,1-5,8H2,(H,9,12). The third-order valence-corrected chi connectivity index (χ3v) is 2.01. The molecule has 1 atom stereocenters. The third-order valence-electron chi connectivity index (χ3n) is 2.01. The van der Waals surface area contributed by atoms with Crippen LogP contribution in [0.3, 0.4) is 0 Å². The van der Waals surface area contributed by atoms with Gasteiger partial charge in [-0.3, -0.25) is 15.1 Å². The molecule has 0 aliphatic carbocycles. The lowest BCUT2D eigenvalue weighted by Gasteiger charge is -2.28. The molecular weight excluding hydrogens is 158 g/mol. The van der Waals surface area contributed by atoms with E-state index < -0.39 is 0 Å². The van der Waals surface area contributed by atoms with Gasteiger partial charge in [0.1, 0.15) is 0 Å². The summed E-state index contributed by atoms with van der Waals surface area (Å²) in [7, 11) is 0. The van der Waals surface area contributed by atoms with Crippen molar-refractivity contribution in [2.75, 3.05) is 19.6 Å². The van der Waals surface area contributed by atoms with Crippen molar-refractivity contribution in [1.29, 1.82) is 0 Å². The van der Waals surface area contributed by atoms with Crippen molar-refractivity contribution in [1.82, 2.24) is 10.3 Å². The summed E-state index contributed by atoms with van der Waals surface area (Å²) in [4.78, 5) is 12.7. The van der Waals surface area contributed by atoms with Crippen molar-refractivity contribution >= 4 is 5.91 Å². The Balaban J connectivity index is 2.27. The molecule has 0 radical (unpaired) electrons. The van der Waals surface area contributed by atoms with Gasteiger partial charge in [0.15, 0.2) is 0 Å². The molecule has 1 saturated heterocycles. The predicted molar refractivity (Wildman–Crippen MR) is 44.0 cm³/mol. The Kier molecular flexibility index (Phi) is 3.46. The van der Waals surface area contributed by atoms with Gasteiger partial charge >= 0.3 is 0 Å². The van der Waals surface area contributed by atoms with Crippen LogP contribution in [-0.2, 0) is 4.79 Å². The number of piperidine rings is 1. The van der Waals surface area contributed by atoms with Crippen molar-refractivity contribution in [2.24, 2.45) is 5.84 Å². The van der Waals surface area contributed by atoms with E-state index in [9.17, 15) is 9.90 Å². The third kappa shape index (κ3) is 2.77. The minimum Gasteiger partial charge on any atom is -0.392 e. The van der Waals surface area contributed by atoms with E-state index in [2.05, 4.69) is 5.43 Å². The highest BCUT2D eigenvalue weighted by molar-refractivity contribution is 5.77. The number of aliphatic hydroxyl groups excluding tert-OH is 1. The van der Waals surface area contributed by atoms with Gasteiger partial charge in [-0.15, -0.1) is 0 Å². The average molecular weight is 173 g/mol. The number of amides is 1. The summed E-state index contributed by atoms with van der Waals surface area (Å²) in [5.41, 5.74) is 2.06. The van der Waals surface area contributed by atoms with Crippen LogP contribution in [0.25, 0.3) is 0 Å². The highest BCUT2D eigenvalue weighted by Crippen LogP contribution is 2.08. The second-order valence-corrected chi connectivity index (χ2v) is 3.10. The summed E-state index contributed by atoms with van der Waals surface area (Å²) in [6.45, 7) is 1.73. The lowest BCUT2D eigenvalue weighted by atomic mass is 10.1. The van der Waals surface area contributed by atoms with Gasteiger partial charge in [-0.1, -0.05) is 0 Å². The van der Waals surface area contributed by atoms with Crippen molar-refractivity contribution in [3.05, 3.63) is 0 Å². The van der Waals surface area contributed by atoms with E-state index >= 15 is 0 Å². The zero-order valence-electron chi connectivity index (χ0n) is 6.99. The minimum atomic E-state index is -0.288. The number of rotatable bonds is 2. The summed E-state index contributed by atoms with van der Waals surface area (Å²) in [6, 6.07) is 0. The van der Waals surface area contributed by atoms with Gasteiger partial charge in [0.2, 0.25) is 5.91 Å². The Hall–Kier alpha value is -0.650. The van der Waals surface area contributed by atoms with E-state index in [1.807, 2.05) is 4.90 Å². The van der Waals surface area contributed by atoms with Crippen LogP contribution in [0.5, 0.6) is 0 Å². The first-order valence-corrected chi connectivity index (χ1v) is 4.12. The zero-order valence-corrected chi connectivity index (χ0v) is 6.99. The van der Waals surface area contributed by atoms with Gasteiger partial charge in [0.05, 0.1) is 12.6 Å². The Labute approximate surface area is 71.5 Å². The van der Waals surface area contributed by atoms with Crippen LogP contribution in [0.4, 0.5) is 0 Å². The topological polar surface area (TPSA) is 78.6 Å². The second kappa shape index (κ2) is 4.39. The fourth-order valence-electron chi connectivity index (χ4n) is 1.42. The normalized spacial score (nSPS) is 25.3. The molecule has 1 rings (SSSR count). The van der Waals surface area contributed by atoms with Gasteiger partial charge in [-0.25, -0.2) is 5.84 Å². The molecule has 0 saturated carbocycles. The molecule has 70 valence electrons. The molecule has 1 fully saturated rings. The monoisotopic (exact) mass is 173 g/mol. The first kappa shape index (κ1) is 9.44. The molecule has 0 aromatic heterocycles. The lowest BCUT2D eigenvalue weighted by Crippen LogP contribution is -2.45. The molecule has 1 heterocycles.